The van der Waals surface area contributed by atoms with E-state index in [2.05, 4.69) is 33.3 Å². The number of benzene rings is 1. The first kappa shape index (κ1) is 14.3. The molecule has 0 saturated heterocycles. The van der Waals surface area contributed by atoms with Gasteiger partial charge >= 0.3 is 0 Å². The average Bonchev–Trinajstić information content (AvgIpc) is 3.04. The third kappa shape index (κ3) is 3.51. The van der Waals surface area contributed by atoms with Crippen LogP contribution in [0.5, 0.6) is 11.5 Å². The lowest BCUT2D eigenvalue weighted by Gasteiger charge is -2.21. The van der Waals surface area contributed by atoms with E-state index in [-0.39, 0.29) is 0 Å². The first-order valence-electron chi connectivity index (χ1n) is 7.00. The minimum absolute atomic E-state index is 0.624. The zero-order chi connectivity index (χ0) is 14.5. The van der Waals surface area contributed by atoms with Gasteiger partial charge in [0.25, 0.3) is 0 Å². The molecule has 0 saturated carbocycles. The Morgan fingerprint density at radius 3 is 2.81 bits per heavy atom. The second-order valence-electron chi connectivity index (χ2n) is 4.79. The van der Waals surface area contributed by atoms with Crippen LogP contribution in [0.15, 0.2) is 35.7 Å². The Hall–Kier alpha value is -1.66. The second-order valence-corrected chi connectivity index (χ2v) is 5.63. The minimum atomic E-state index is 0.624. The Labute approximate surface area is 128 Å². The maximum absolute atomic E-state index is 5.65. The Kier molecular flexibility index (Phi) is 4.67. The van der Waals surface area contributed by atoms with Crippen molar-refractivity contribution in [2.75, 3.05) is 26.0 Å². The molecule has 0 aliphatic carbocycles. The number of rotatable bonds is 6. The molecule has 112 valence electrons. The fourth-order valence-electron chi connectivity index (χ4n) is 2.29. The topological polar surface area (TPSA) is 48.3 Å². The van der Waals surface area contributed by atoms with Gasteiger partial charge in [-0.05, 0) is 24.0 Å². The molecule has 0 bridgehead atoms. The quantitative estimate of drug-likeness (QED) is 0.655. The van der Waals surface area contributed by atoms with Crippen LogP contribution >= 0.6 is 11.8 Å². The molecule has 0 fully saturated rings. The Bertz CT molecular complexity index is 587. The van der Waals surface area contributed by atoms with Crippen molar-refractivity contribution in [3.8, 4) is 11.5 Å². The number of fused-ring (bicyclic) bond motifs is 1. The largest absolute Gasteiger partial charge is 0.486 e. The van der Waals surface area contributed by atoms with E-state index in [1.165, 1.54) is 10.5 Å². The smallest absolute Gasteiger partial charge is 0.162 e. The lowest BCUT2D eigenvalue weighted by atomic mass is 10.2. The van der Waals surface area contributed by atoms with Crippen LogP contribution in [0, 0.1) is 0 Å². The monoisotopic (exact) mass is 305 g/mol. The molecule has 2 aromatic rings. The van der Waals surface area contributed by atoms with E-state index in [0.717, 1.165) is 31.1 Å². The summed E-state index contributed by atoms with van der Waals surface area (Å²) < 4.78 is 13.3. The Morgan fingerprint density at radius 1 is 1.29 bits per heavy atom. The number of nitrogens with one attached hydrogen (secondary N) is 1. The van der Waals surface area contributed by atoms with Crippen molar-refractivity contribution in [2.45, 2.75) is 18.0 Å². The number of hydrogen-bond acceptors (Lipinski definition) is 5. The van der Waals surface area contributed by atoms with Gasteiger partial charge in [-0.1, -0.05) is 0 Å². The highest BCUT2D eigenvalue weighted by atomic mass is 32.2. The maximum Gasteiger partial charge on any atom is 0.162 e. The summed E-state index contributed by atoms with van der Waals surface area (Å²) in [5, 5.41) is 3.46. The summed E-state index contributed by atoms with van der Waals surface area (Å²) in [6.45, 7) is 3.89. The molecule has 1 aliphatic heterocycles. The van der Waals surface area contributed by atoms with Crippen LogP contribution in [0.3, 0.4) is 0 Å². The summed E-state index contributed by atoms with van der Waals surface area (Å²) in [5.74, 6) is 1.71. The van der Waals surface area contributed by atoms with Crippen LogP contribution in [0.4, 0.5) is 0 Å². The molecule has 5 nitrogen and oxygen atoms in total. The van der Waals surface area contributed by atoms with Gasteiger partial charge in [-0.25, -0.2) is 4.98 Å². The van der Waals surface area contributed by atoms with Gasteiger partial charge in [0.15, 0.2) is 11.5 Å². The molecular weight excluding hydrogens is 286 g/mol. The van der Waals surface area contributed by atoms with Crippen molar-refractivity contribution in [1.29, 1.82) is 0 Å². The van der Waals surface area contributed by atoms with E-state index in [1.54, 1.807) is 18.0 Å². The van der Waals surface area contributed by atoms with E-state index in [4.69, 9.17) is 9.47 Å². The van der Waals surface area contributed by atoms with Gasteiger partial charge in [-0.3, -0.25) is 0 Å². The van der Waals surface area contributed by atoms with Crippen LogP contribution in [0.25, 0.3) is 0 Å². The third-order valence-corrected chi connectivity index (χ3v) is 4.19. The van der Waals surface area contributed by atoms with Crippen molar-refractivity contribution in [1.82, 2.24) is 14.9 Å². The van der Waals surface area contributed by atoms with Crippen molar-refractivity contribution in [3.05, 3.63) is 36.4 Å². The number of thioether (sulfide) groups is 1. The van der Waals surface area contributed by atoms with Crippen molar-refractivity contribution in [2.24, 2.45) is 0 Å². The van der Waals surface area contributed by atoms with Gasteiger partial charge in [0.2, 0.25) is 0 Å². The van der Waals surface area contributed by atoms with Gasteiger partial charge < -0.3 is 19.4 Å². The molecule has 1 aromatic carbocycles. The second kappa shape index (κ2) is 6.87. The predicted octanol–water partition coefficient (Wildman–Crippen LogP) is 2.17. The molecule has 2 heterocycles. The molecule has 6 heteroatoms. The zero-order valence-electron chi connectivity index (χ0n) is 12.0. The summed E-state index contributed by atoms with van der Waals surface area (Å²) in [6, 6.07) is 4.16. The molecule has 1 N–H and O–H groups in total. The number of imidazole rings is 1. The molecule has 1 aromatic heterocycles. The number of aromatic nitrogens is 2. The molecule has 1 aliphatic rings. The summed E-state index contributed by atoms with van der Waals surface area (Å²) in [5.41, 5.74) is 1.25. The third-order valence-electron chi connectivity index (χ3n) is 3.37. The summed E-state index contributed by atoms with van der Waals surface area (Å²) >= 11 is 1.73. The molecule has 0 amide bonds. The maximum atomic E-state index is 5.65. The van der Waals surface area contributed by atoms with Gasteiger partial charge in [-0.15, -0.1) is 11.8 Å². The highest BCUT2D eigenvalue weighted by Gasteiger charge is 2.15. The molecule has 0 unspecified atom stereocenters. The standard InChI is InChI=1S/C15H19N3O2S/c1-21-15-9-14-13(19-6-7-20-14)8-12(15)10-16-2-4-18-5-3-17-11-18/h3,5,8-9,11,16H,2,4,6-7,10H2,1H3. The first-order chi connectivity index (χ1) is 10.4. The predicted molar refractivity (Wildman–Crippen MR) is 83.1 cm³/mol. The number of hydrogen-bond donors (Lipinski definition) is 1. The molecule has 0 atom stereocenters. The van der Waals surface area contributed by atoms with Crippen molar-refractivity contribution < 1.29 is 9.47 Å². The SMILES string of the molecule is CSc1cc2c(cc1CNCCn1ccnc1)OCCO2. The van der Waals surface area contributed by atoms with Gasteiger partial charge in [0.1, 0.15) is 13.2 Å². The molecule has 21 heavy (non-hydrogen) atoms. The average molecular weight is 305 g/mol. The normalized spacial score (nSPS) is 13.4. The Morgan fingerprint density at radius 2 is 2.10 bits per heavy atom. The van der Waals surface area contributed by atoms with E-state index < -0.39 is 0 Å². The highest BCUT2D eigenvalue weighted by molar-refractivity contribution is 7.98. The summed E-state index contributed by atoms with van der Waals surface area (Å²) in [4.78, 5) is 5.27. The lowest BCUT2D eigenvalue weighted by molar-refractivity contribution is 0.171. The van der Waals surface area contributed by atoms with Gasteiger partial charge in [0.05, 0.1) is 6.33 Å². The van der Waals surface area contributed by atoms with Crippen LogP contribution in [-0.2, 0) is 13.1 Å². The van der Waals surface area contributed by atoms with Crippen molar-refractivity contribution in [3.63, 3.8) is 0 Å². The molecule has 3 rings (SSSR count). The Balaban J connectivity index is 1.61. The molecule has 0 radical (unpaired) electrons. The highest BCUT2D eigenvalue weighted by Crippen LogP contribution is 2.36. The lowest BCUT2D eigenvalue weighted by Crippen LogP contribution is -2.20. The number of nitrogens with zero attached hydrogens (tertiary/aromatic N) is 2. The van der Waals surface area contributed by atoms with E-state index >= 15 is 0 Å². The van der Waals surface area contributed by atoms with E-state index in [0.29, 0.717) is 13.2 Å². The van der Waals surface area contributed by atoms with Crippen LogP contribution in [0.2, 0.25) is 0 Å². The zero-order valence-corrected chi connectivity index (χ0v) is 12.9. The van der Waals surface area contributed by atoms with E-state index in [1.807, 2.05) is 12.5 Å². The van der Waals surface area contributed by atoms with Crippen LogP contribution in [0.1, 0.15) is 5.56 Å². The fraction of sp³-hybridized carbons (Fsp3) is 0.400. The van der Waals surface area contributed by atoms with Crippen molar-refractivity contribution >= 4 is 11.8 Å². The summed E-state index contributed by atoms with van der Waals surface area (Å²) in [6.07, 6.45) is 7.69. The van der Waals surface area contributed by atoms with Crippen LogP contribution in [-0.4, -0.2) is 35.6 Å². The minimum Gasteiger partial charge on any atom is -0.486 e. The van der Waals surface area contributed by atoms with E-state index in [9.17, 15) is 0 Å². The van der Waals surface area contributed by atoms with Crippen LogP contribution < -0.4 is 14.8 Å². The van der Waals surface area contributed by atoms with Gasteiger partial charge in [-0.2, -0.15) is 0 Å². The first-order valence-corrected chi connectivity index (χ1v) is 8.22. The molecule has 0 spiro atoms. The van der Waals surface area contributed by atoms with Gasteiger partial charge in [0, 0.05) is 36.9 Å². The molecular formula is C15H19N3O2S. The number of ether oxygens (including phenoxy) is 2. The summed E-state index contributed by atoms with van der Waals surface area (Å²) in [7, 11) is 0. The fourth-order valence-corrected chi connectivity index (χ4v) is 2.91.